The lowest BCUT2D eigenvalue weighted by molar-refractivity contribution is 0.648. The average Bonchev–Trinajstić information content (AvgIpc) is 2.69. The fourth-order valence-corrected chi connectivity index (χ4v) is 3.49. The van der Waals surface area contributed by atoms with E-state index in [4.69, 9.17) is 0 Å². The molecule has 0 spiro atoms. The van der Waals surface area contributed by atoms with Crippen LogP contribution in [0.1, 0.15) is 30.0 Å². The Hall–Kier alpha value is -3.28. The van der Waals surface area contributed by atoms with Gasteiger partial charge in [0.15, 0.2) is 11.5 Å². The monoisotopic (exact) mass is 374 g/mol. The summed E-state index contributed by atoms with van der Waals surface area (Å²) in [5.74, 6) is 0.342. The number of hydrogen-bond donors (Lipinski definition) is 1. The van der Waals surface area contributed by atoms with Gasteiger partial charge >= 0.3 is 5.69 Å². The van der Waals surface area contributed by atoms with Gasteiger partial charge in [-0.05, 0) is 49.4 Å². The van der Waals surface area contributed by atoms with Gasteiger partial charge in [-0.25, -0.2) is 9.78 Å². The number of aromatic amines is 1. The zero-order valence-electron chi connectivity index (χ0n) is 16.0. The minimum absolute atomic E-state index is 0.204. The molecule has 0 saturated carbocycles. The van der Waals surface area contributed by atoms with Crippen molar-refractivity contribution in [3.63, 3.8) is 0 Å². The Kier molecular flexibility index (Phi) is 4.77. The number of aryl methyl sites for hydroxylation is 4. The smallest absolute Gasteiger partial charge is 0.322 e. The third kappa shape index (κ3) is 3.45. The van der Waals surface area contributed by atoms with Crippen molar-refractivity contribution in [2.24, 2.45) is 0 Å². The summed E-state index contributed by atoms with van der Waals surface area (Å²) < 4.78 is 1.95. The van der Waals surface area contributed by atoms with Gasteiger partial charge in [0.25, 0.3) is 5.56 Å². The average molecular weight is 374 g/mol. The van der Waals surface area contributed by atoms with Crippen molar-refractivity contribution < 1.29 is 0 Å². The molecule has 0 atom stereocenters. The fourth-order valence-electron chi connectivity index (χ4n) is 3.49. The highest BCUT2D eigenvalue weighted by Crippen LogP contribution is 2.22. The molecule has 2 heterocycles. The first-order valence-corrected chi connectivity index (χ1v) is 9.54. The van der Waals surface area contributed by atoms with Gasteiger partial charge in [-0.1, -0.05) is 42.8 Å². The summed E-state index contributed by atoms with van der Waals surface area (Å²) in [6, 6.07) is 14.5. The molecule has 0 radical (unpaired) electrons. The Morgan fingerprint density at radius 2 is 1.75 bits per heavy atom. The van der Waals surface area contributed by atoms with Crippen molar-refractivity contribution in [2.75, 3.05) is 0 Å². The minimum Gasteiger partial charge on any atom is -0.322 e. The Morgan fingerprint density at radius 3 is 2.50 bits per heavy atom. The maximum Gasteiger partial charge on any atom is 0.349 e. The summed E-state index contributed by atoms with van der Waals surface area (Å²) in [5.41, 5.74) is 4.34. The molecule has 0 aliphatic carbocycles. The van der Waals surface area contributed by atoms with E-state index in [0.29, 0.717) is 12.4 Å². The Bertz CT molecular complexity index is 1220. The molecule has 6 heteroatoms. The largest absolute Gasteiger partial charge is 0.349 e. The van der Waals surface area contributed by atoms with Crippen molar-refractivity contribution >= 4 is 11.0 Å². The Morgan fingerprint density at radius 1 is 1.00 bits per heavy atom. The predicted molar refractivity (Wildman–Crippen MR) is 110 cm³/mol. The highest BCUT2D eigenvalue weighted by Gasteiger charge is 2.18. The number of fused-ring (bicyclic) bond motifs is 2. The summed E-state index contributed by atoms with van der Waals surface area (Å²) in [7, 11) is 0. The molecule has 2 aliphatic rings. The van der Waals surface area contributed by atoms with Crippen LogP contribution in [-0.4, -0.2) is 19.5 Å². The third-order valence-electron chi connectivity index (χ3n) is 5.05. The second-order valence-corrected chi connectivity index (χ2v) is 7.07. The SMILES string of the molecule is CCc1ccc2c(c1)nc1c(=O)[nH]c(=O)nc-1n2CCCc1ccc(C)cc1. The van der Waals surface area contributed by atoms with Crippen molar-refractivity contribution in [2.45, 2.75) is 39.7 Å². The summed E-state index contributed by atoms with van der Waals surface area (Å²) in [6.07, 6.45) is 2.65. The quantitative estimate of drug-likeness (QED) is 0.544. The molecule has 1 N–H and O–H groups in total. The first-order valence-electron chi connectivity index (χ1n) is 9.54. The summed E-state index contributed by atoms with van der Waals surface area (Å²) in [6.45, 7) is 4.80. The second kappa shape index (κ2) is 7.38. The maximum atomic E-state index is 12.3. The number of H-pyrrole nitrogens is 1. The van der Waals surface area contributed by atoms with Crippen LogP contribution in [-0.2, 0) is 19.4 Å². The molecule has 2 aliphatic heterocycles. The Labute approximate surface area is 162 Å². The molecule has 2 aromatic carbocycles. The van der Waals surface area contributed by atoms with E-state index in [1.165, 1.54) is 11.1 Å². The summed E-state index contributed by atoms with van der Waals surface area (Å²) in [4.78, 5) is 34.9. The van der Waals surface area contributed by atoms with Crippen LogP contribution >= 0.6 is 0 Å². The molecule has 0 unspecified atom stereocenters. The molecule has 142 valence electrons. The lowest BCUT2D eigenvalue weighted by atomic mass is 10.1. The van der Waals surface area contributed by atoms with Crippen molar-refractivity contribution in [3.05, 3.63) is 80.0 Å². The number of benzene rings is 2. The highest BCUT2D eigenvalue weighted by atomic mass is 16.2. The molecule has 28 heavy (non-hydrogen) atoms. The van der Waals surface area contributed by atoms with E-state index in [1.807, 2.05) is 16.7 Å². The van der Waals surface area contributed by atoms with Gasteiger partial charge in [0.05, 0.1) is 11.0 Å². The minimum atomic E-state index is -0.642. The number of rotatable bonds is 5. The van der Waals surface area contributed by atoms with E-state index >= 15 is 0 Å². The Balaban J connectivity index is 1.78. The van der Waals surface area contributed by atoms with Crippen LogP contribution in [0.25, 0.3) is 22.6 Å². The van der Waals surface area contributed by atoms with Crippen LogP contribution in [0.5, 0.6) is 0 Å². The topological polar surface area (TPSA) is 80.6 Å². The van der Waals surface area contributed by atoms with Crippen LogP contribution in [0.15, 0.2) is 52.1 Å². The third-order valence-corrected chi connectivity index (χ3v) is 5.05. The van der Waals surface area contributed by atoms with E-state index in [-0.39, 0.29) is 5.69 Å². The summed E-state index contributed by atoms with van der Waals surface area (Å²) >= 11 is 0. The van der Waals surface area contributed by atoms with E-state index in [1.54, 1.807) is 0 Å². The van der Waals surface area contributed by atoms with Gasteiger partial charge in [-0.15, -0.1) is 0 Å². The van der Waals surface area contributed by atoms with Crippen LogP contribution in [0.2, 0.25) is 0 Å². The van der Waals surface area contributed by atoms with Gasteiger partial charge in [-0.2, -0.15) is 4.98 Å². The zero-order chi connectivity index (χ0) is 19.7. The van der Waals surface area contributed by atoms with Crippen LogP contribution in [0.4, 0.5) is 0 Å². The van der Waals surface area contributed by atoms with E-state index in [9.17, 15) is 9.59 Å². The molecule has 0 bridgehead atoms. The number of hydrogen-bond acceptors (Lipinski definition) is 4. The van der Waals surface area contributed by atoms with E-state index < -0.39 is 11.2 Å². The van der Waals surface area contributed by atoms with Gasteiger partial charge in [-0.3, -0.25) is 9.78 Å². The van der Waals surface area contributed by atoms with Gasteiger partial charge in [0.1, 0.15) is 0 Å². The van der Waals surface area contributed by atoms with Crippen LogP contribution in [0.3, 0.4) is 0 Å². The number of nitrogens with one attached hydrogen (secondary N) is 1. The van der Waals surface area contributed by atoms with Gasteiger partial charge in [0, 0.05) is 6.54 Å². The predicted octanol–water partition coefficient (Wildman–Crippen LogP) is 3.09. The second-order valence-electron chi connectivity index (χ2n) is 7.07. The van der Waals surface area contributed by atoms with Crippen LogP contribution < -0.4 is 11.2 Å². The number of nitrogens with zero attached hydrogens (tertiary/aromatic N) is 3. The van der Waals surface area contributed by atoms with Crippen LogP contribution in [0, 0.1) is 6.92 Å². The molecule has 4 rings (SSSR count). The molecule has 0 amide bonds. The molecule has 6 nitrogen and oxygen atoms in total. The number of aromatic nitrogens is 4. The lowest BCUT2D eigenvalue weighted by Crippen LogP contribution is -2.29. The first-order chi connectivity index (χ1) is 13.5. The maximum absolute atomic E-state index is 12.3. The van der Waals surface area contributed by atoms with E-state index in [2.05, 4.69) is 59.1 Å². The molecular formula is C22H22N4O2. The highest BCUT2D eigenvalue weighted by molar-refractivity contribution is 5.80. The molecule has 0 saturated heterocycles. The molecule has 2 aromatic rings. The van der Waals surface area contributed by atoms with Crippen molar-refractivity contribution in [1.82, 2.24) is 19.5 Å². The van der Waals surface area contributed by atoms with Gasteiger partial charge in [0.2, 0.25) is 0 Å². The van der Waals surface area contributed by atoms with Gasteiger partial charge < -0.3 is 4.57 Å². The first kappa shape index (κ1) is 18.1. The summed E-state index contributed by atoms with van der Waals surface area (Å²) in [5, 5.41) is 0. The molecular weight excluding hydrogens is 352 g/mol. The van der Waals surface area contributed by atoms with Crippen molar-refractivity contribution in [3.8, 4) is 11.5 Å². The molecule has 0 fully saturated rings. The normalized spacial score (nSPS) is 11.4. The standard InChI is InChI=1S/C22H22N4O2/c1-3-15-10-11-18-17(13-15)23-19-20(24-22(28)25-21(19)27)26(18)12-4-5-16-8-6-14(2)7-9-16/h6-11,13H,3-5,12H2,1-2H3,(H,25,27,28). The lowest BCUT2D eigenvalue weighted by Gasteiger charge is -2.17. The fraction of sp³-hybridized carbons (Fsp3) is 0.273. The zero-order valence-corrected chi connectivity index (χ0v) is 16.0. The molecule has 0 aromatic heterocycles. The van der Waals surface area contributed by atoms with Crippen molar-refractivity contribution in [1.29, 1.82) is 0 Å². The van der Waals surface area contributed by atoms with E-state index in [0.717, 1.165) is 35.9 Å².